The lowest BCUT2D eigenvalue weighted by atomic mass is 10.1. The zero-order chi connectivity index (χ0) is 17.5. The van der Waals surface area contributed by atoms with Crippen LogP contribution in [0.1, 0.15) is 78.1 Å². The highest BCUT2D eigenvalue weighted by molar-refractivity contribution is 7.84. The van der Waals surface area contributed by atoms with Gasteiger partial charge in [-0.3, -0.25) is 9.00 Å². The molecular weight excluding hydrogens is 314 g/mol. The van der Waals surface area contributed by atoms with E-state index in [1.807, 2.05) is 13.8 Å². The molecule has 0 aromatic heterocycles. The first-order valence-corrected chi connectivity index (χ1v) is 10.4. The lowest BCUT2D eigenvalue weighted by molar-refractivity contribution is -0.142. The van der Waals surface area contributed by atoms with Crippen molar-refractivity contribution in [1.82, 2.24) is 5.32 Å². The molecule has 1 amide bonds. The molecule has 23 heavy (non-hydrogen) atoms. The third kappa shape index (κ3) is 13.2. The van der Waals surface area contributed by atoms with Gasteiger partial charge in [0, 0.05) is 28.7 Å². The van der Waals surface area contributed by atoms with Crippen molar-refractivity contribution in [2.24, 2.45) is 0 Å². The van der Waals surface area contributed by atoms with E-state index in [4.69, 9.17) is 5.11 Å². The summed E-state index contributed by atoms with van der Waals surface area (Å²) in [5.74, 6) is 0.458. The standard InChI is InChI=1S/C17H33NO4S/c1-3-12-15(17(20)21)18-16(19)13-10-8-6-5-7-9-11-14-23(22)4-2/h15H,3-14H2,1-2H3,(H,18,19)(H,20,21). The summed E-state index contributed by atoms with van der Waals surface area (Å²) in [6.45, 7) is 3.86. The van der Waals surface area contributed by atoms with Gasteiger partial charge in [0.1, 0.15) is 6.04 Å². The normalized spacial score (nSPS) is 13.5. The van der Waals surface area contributed by atoms with E-state index < -0.39 is 22.8 Å². The van der Waals surface area contributed by atoms with Gasteiger partial charge >= 0.3 is 5.97 Å². The number of carbonyl (C=O) groups excluding carboxylic acids is 1. The summed E-state index contributed by atoms with van der Waals surface area (Å²) < 4.78 is 11.2. The van der Waals surface area contributed by atoms with Crippen LogP contribution in [0, 0.1) is 0 Å². The van der Waals surface area contributed by atoms with E-state index in [0.717, 1.165) is 62.9 Å². The Morgan fingerprint density at radius 1 is 1.00 bits per heavy atom. The van der Waals surface area contributed by atoms with Crippen LogP contribution in [-0.4, -0.2) is 38.7 Å². The average molecular weight is 348 g/mol. The quantitative estimate of drug-likeness (QED) is 0.445. The van der Waals surface area contributed by atoms with Crippen LogP contribution in [-0.2, 0) is 20.4 Å². The molecule has 0 aliphatic carbocycles. The van der Waals surface area contributed by atoms with Crippen LogP contribution in [0.3, 0.4) is 0 Å². The van der Waals surface area contributed by atoms with E-state index in [2.05, 4.69) is 5.32 Å². The first-order valence-electron chi connectivity index (χ1n) is 8.88. The van der Waals surface area contributed by atoms with E-state index >= 15 is 0 Å². The maximum atomic E-state index is 11.7. The number of rotatable bonds is 15. The molecule has 6 heteroatoms. The second-order valence-corrected chi connectivity index (χ2v) is 7.77. The number of carboxylic acid groups (broad SMARTS) is 1. The van der Waals surface area contributed by atoms with Crippen molar-refractivity contribution < 1.29 is 18.9 Å². The molecule has 0 saturated carbocycles. The van der Waals surface area contributed by atoms with Crippen LogP contribution < -0.4 is 5.32 Å². The fourth-order valence-corrected chi connectivity index (χ4v) is 3.20. The van der Waals surface area contributed by atoms with Crippen molar-refractivity contribution in [3.63, 3.8) is 0 Å². The molecule has 0 radical (unpaired) electrons. The van der Waals surface area contributed by atoms with Gasteiger partial charge in [-0.05, 0) is 19.3 Å². The van der Waals surface area contributed by atoms with Crippen molar-refractivity contribution in [3.05, 3.63) is 0 Å². The minimum Gasteiger partial charge on any atom is -0.480 e. The molecule has 0 aliphatic heterocycles. The first-order chi connectivity index (χ1) is 11.0. The van der Waals surface area contributed by atoms with Crippen LogP contribution in [0.4, 0.5) is 0 Å². The zero-order valence-corrected chi connectivity index (χ0v) is 15.5. The predicted molar refractivity (Wildman–Crippen MR) is 95.0 cm³/mol. The van der Waals surface area contributed by atoms with E-state index in [1.165, 1.54) is 0 Å². The van der Waals surface area contributed by atoms with Gasteiger partial charge in [-0.1, -0.05) is 52.4 Å². The molecule has 0 fully saturated rings. The van der Waals surface area contributed by atoms with Crippen LogP contribution in [0.15, 0.2) is 0 Å². The molecule has 0 aliphatic rings. The fraction of sp³-hybridized carbons (Fsp3) is 0.882. The molecule has 0 heterocycles. The Bertz CT molecular complexity index is 361. The van der Waals surface area contributed by atoms with Gasteiger partial charge in [0.2, 0.25) is 5.91 Å². The fourth-order valence-electron chi connectivity index (χ4n) is 2.39. The van der Waals surface area contributed by atoms with Gasteiger partial charge in [-0.2, -0.15) is 0 Å². The Kier molecular flexibility index (Phi) is 14.1. The second kappa shape index (κ2) is 14.7. The van der Waals surface area contributed by atoms with Crippen LogP contribution in [0.5, 0.6) is 0 Å². The summed E-state index contributed by atoms with van der Waals surface area (Å²) in [5.41, 5.74) is 0. The monoisotopic (exact) mass is 347 g/mol. The first kappa shape index (κ1) is 22.1. The summed E-state index contributed by atoms with van der Waals surface area (Å²) in [7, 11) is -0.639. The molecule has 2 N–H and O–H groups in total. The highest BCUT2D eigenvalue weighted by Crippen LogP contribution is 2.09. The molecule has 2 unspecified atom stereocenters. The van der Waals surface area contributed by atoms with E-state index in [-0.39, 0.29) is 5.91 Å². The van der Waals surface area contributed by atoms with Gasteiger partial charge in [-0.25, -0.2) is 4.79 Å². The lowest BCUT2D eigenvalue weighted by Gasteiger charge is -2.13. The number of carboxylic acids is 1. The molecule has 5 nitrogen and oxygen atoms in total. The van der Waals surface area contributed by atoms with Crippen molar-refractivity contribution in [2.45, 2.75) is 84.1 Å². The Morgan fingerprint density at radius 3 is 2.09 bits per heavy atom. The van der Waals surface area contributed by atoms with Crippen molar-refractivity contribution in [3.8, 4) is 0 Å². The summed E-state index contributed by atoms with van der Waals surface area (Å²) >= 11 is 0. The second-order valence-electron chi connectivity index (χ2n) is 5.90. The largest absolute Gasteiger partial charge is 0.480 e. The summed E-state index contributed by atoms with van der Waals surface area (Å²) in [5, 5.41) is 11.6. The van der Waals surface area contributed by atoms with Gasteiger partial charge in [0.25, 0.3) is 0 Å². The number of hydrogen-bond donors (Lipinski definition) is 2. The topological polar surface area (TPSA) is 83.5 Å². The predicted octanol–water partition coefficient (Wildman–Crippen LogP) is 3.25. The Morgan fingerprint density at radius 2 is 1.57 bits per heavy atom. The Hall–Kier alpha value is -0.910. The number of hydrogen-bond acceptors (Lipinski definition) is 3. The highest BCUT2D eigenvalue weighted by atomic mass is 32.2. The Balaban J connectivity index is 3.51. The maximum Gasteiger partial charge on any atom is 0.326 e. The van der Waals surface area contributed by atoms with Gasteiger partial charge < -0.3 is 10.4 Å². The molecule has 136 valence electrons. The highest BCUT2D eigenvalue weighted by Gasteiger charge is 2.18. The van der Waals surface area contributed by atoms with Crippen molar-refractivity contribution in [1.29, 1.82) is 0 Å². The van der Waals surface area contributed by atoms with E-state index in [9.17, 15) is 13.8 Å². The van der Waals surface area contributed by atoms with E-state index in [0.29, 0.717) is 12.8 Å². The zero-order valence-electron chi connectivity index (χ0n) is 14.6. The lowest BCUT2D eigenvalue weighted by Crippen LogP contribution is -2.40. The number of aliphatic carboxylic acids is 1. The summed E-state index contributed by atoms with van der Waals surface area (Å²) in [4.78, 5) is 22.6. The van der Waals surface area contributed by atoms with Crippen LogP contribution in [0.2, 0.25) is 0 Å². The molecule has 2 atom stereocenters. The molecule has 0 aromatic rings. The third-order valence-electron chi connectivity index (χ3n) is 3.81. The summed E-state index contributed by atoms with van der Waals surface area (Å²) in [6, 6.07) is -0.749. The van der Waals surface area contributed by atoms with Gasteiger partial charge in [0.05, 0.1) is 0 Å². The Labute approximate surface area is 143 Å². The average Bonchev–Trinajstić information content (AvgIpc) is 2.52. The minimum atomic E-state index is -0.954. The number of nitrogens with one attached hydrogen (secondary N) is 1. The number of amides is 1. The van der Waals surface area contributed by atoms with Crippen LogP contribution >= 0.6 is 0 Å². The van der Waals surface area contributed by atoms with Crippen molar-refractivity contribution in [2.75, 3.05) is 11.5 Å². The van der Waals surface area contributed by atoms with Gasteiger partial charge in [0.15, 0.2) is 0 Å². The summed E-state index contributed by atoms with van der Waals surface area (Å²) in [6.07, 6.45) is 9.00. The minimum absolute atomic E-state index is 0.159. The van der Waals surface area contributed by atoms with Gasteiger partial charge in [-0.15, -0.1) is 0 Å². The maximum absolute atomic E-state index is 11.7. The molecule has 0 aromatic carbocycles. The smallest absolute Gasteiger partial charge is 0.326 e. The van der Waals surface area contributed by atoms with E-state index in [1.54, 1.807) is 0 Å². The number of carbonyl (C=O) groups is 2. The van der Waals surface area contributed by atoms with Crippen LogP contribution in [0.25, 0.3) is 0 Å². The SMILES string of the molecule is CCCC(NC(=O)CCCCCCCCCS(=O)CC)C(=O)O. The molecule has 0 spiro atoms. The third-order valence-corrected chi connectivity index (χ3v) is 5.20. The molecule has 0 saturated heterocycles. The van der Waals surface area contributed by atoms with Crippen molar-refractivity contribution >= 4 is 22.7 Å². The molecule has 0 bridgehead atoms. The molecule has 0 rings (SSSR count). The molecular formula is C17H33NO4S. The number of unbranched alkanes of at least 4 members (excludes halogenated alkanes) is 6.